The summed E-state index contributed by atoms with van der Waals surface area (Å²) in [4.78, 5) is 10.8. The SMILES string of the molecule is Cc1cnc(N2CC(NC(C)C)C2)nc1. The van der Waals surface area contributed by atoms with E-state index >= 15 is 0 Å². The topological polar surface area (TPSA) is 41.1 Å². The molecule has 0 amide bonds. The fraction of sp³-hybridized carbons (Fsp3) is 0.636. The molecule has 0 atom stereocenters. The molecule has 1 aliphatic heterocycles. The molecule has 1 fully saturated rings. The number of nitrogens with zero attached hydrogens (tertiary/aromatic N) is 3. The normalized spacial score (nSPS) is 16.9. The van der Waals surface area contributed by atoms with Crippen LogP contribution in [-0.4, -0.2) is 35.1 Å². The van der Waals surface area contributed by atoms with E-state index in [0.29, 0.717) is 12.1 Å². The van der Waals surface area contributed by atoms with Crippen molar-refractivity contribution in [3.63, 3.8) is 0 Å². The van der Waals surface area contributed by atoms with Gasteiger partial charge >= 0.3 is 0 Å². The molecule has 4 nitrogen and oxygen atoms in total. The summed E-state index contributed by atoms with van der Waals surface area (Å²) in [5.74, 6) is 0.849. The van der Waals surface area contributed by atoms with Gasteiger partial charge in [0.25, 0.3) is 0 Å². The highest BCUT2D eigenvalue weighted by atomic mass is 15.3. The van der Waals surface area contributed by atoms with Crippen LogP contribution in [0.15, 0.2) is 12.4 Å². The summed E-state index contributed by atoms with van der Waals surface area (Å²) >= 11 is 0. The second-order valence-electron chi connectivity index (χ2n) is 4.48. The first kappa shape index (κ1) is 10.4. The minimum atomic E-state index is 0.552. The molecule has 2 rings (SSSR count). The van der Waals surface area contributed by atoms with Gasteiger partial charge in [0, 0.05) is 37.6 Å². The van der Waals surface area contributed by atoms with Crippen molar-refractivity contribution in [3.8, 4) is 0 Å². The first-order chi connectivity index (χ1) is 7.15. The molecule has 0 aliphatic carbocycles. The smallest absolute Gasteiger partial charge is 0.225 e. The molecule has 0 spiro atoms. The lowest BCUT2D eigenvalue weighted by atomic mass is 10.1. The standard InChI is InChI=1S/C11H18N4/c1-8(2)14-10-6-15(7-10)11-12-4-9(3)5-13-11/h4-5,8,10,14H,6-7H2,1-3H3. The van der Waals surface area contributed by atoms with Gasteiger partial charge in [-0.2, -0.15) is 0 Å². The number of hydrogen-bond acceptors (Lipinski definition) is 4. The highest BCUT2D eigenvalue weighted by Gasteiger charge is 2.28. The van der Waals surface area contributed by atoms with Crippen molar-refractivity contribution in [1.29, 1.82) is 0 Å². The molecule has 0 bridgehead atoms. The molecule has 1 aliphatic rings. The number of hydrogen-bond donors (Lipinski definition) is 1. The third kappa shape index (κ3) is 2.45. The second-order valence-corrected chi connectivity index (χ2v) is 4.48. The monoisotopic (exact) mass is 206 g/mol. The van der Waals surface area contributed by atoms with Crippen molar-refractivity contribution < 1.29 is 0 Å². The molecule has 2 heterocycles. The Balaban J connectivity index is 1.86. The number of anilines is 1. The molecule has 0 unspecified atom stereocenters. The van der Waals surface area contributed by atoms with Crippen molar-refractivity contribution in [1.82, 2.24) is 15.3 Å². The Hall–Kier alpha value is -1.16. The summed E-state index contributed by atoms with van der Waals surface area (Å²) in [6.45, 7) is 8.38. The fourth-order valence-electron chi connectivity index (χ4n) is 1.77. The van der Waals surface area contributed by atoms with Gasteiger partial charge in [0.15, 0.2) is 0 Å². The molecular weight excluding hydrogens is 188 g/mol. The van der Waals surface area contributed by atoms with E-state index < -0.39 is 0 Å². The molecule has 1 aromatic heterocycles. The van der Waals surface area contributed by atoms with Gasteiger partial charge in [0.1, 0.15) is 0 Å². The quantitative estimate of drug-likeness (QED) is 0.800. The van der Waals surface area contributed by atoms with E-state index in [4.69, 9.17) is 0 Å². The van der Waals surface area contributed by atoms with Crippen LogP contribution in [-0.2, 0) is 0 Å². The summed E-state index contributed by atoms with van der Waals surface area (Å²) in [6, 6.07) is 1.14. The zero-order valence-corrected chi connectivity index (χ0v) is 9.57. The Morgan fingerprint density at radius 2 is 1.93 bits per heavy atom. The molecule has 15 heavy (non-hydrogen) atoms. The molecule has 1 aromatic rings. The summed E-state index contributed by atoms with van der Waals surface area (Å²) in [6.07, 6.45) is 3.73. The minimum Gasteiger partial charge on any atom is -0.338 e. The van der Waals surface area contributed by atoms with Crippen LogP contribution in [0.1, 0.15) is 19.4 Å². The maximum absolute atomic E-state index is 4.30. The van der Waals surface area contributed by atoms with Crippen LogP contribution < -0.4 is 10.2 Å². The zero-order valence-electron chi connectivity index (χ0n) is 9.57. The fourth-order valence-corrected chi connectivity index (χ4v) is 1.77. The predicted molar refractivity (Wildman–Crippen MR) is 61.0 cm³/mol. The molecule has 0 radical (unpaired) electrons. The van der Waals surface area contributed by atoms with Crippen molar-refractivity contribution in [2.75, 3.05) is 18.0 Å². The number of rotatable bonds is 3. The van der Waals surface area contributed by atoms with E-state index in [1.54, 1.807) is 0 Å². The molecule has 82 valence electrons. The third-order valence-electron chi connectivity index (χ3n) is 2.50. The van der Waals surface area contributed by atoms with Gasteiger partial charge < -0.3 is 10.2 Å². The van der Waals surface area contributed by atoms with Gasteiger partial charge in [0.05, 0.1) is 0 Å². The Morgan fingerprint density at radius 1 is 1.33 bits per heavy atom. The summed E-state index contributed by atoms with van der Waals surface area (Å²) in [7, 11) is 0. The molecule has 1 N–H and O–H groups in total. The average Bonchev–Trinajstić information content (AvgIpc) is 2.12. The minimum absolute atomic E-state index is 0.552. The molecule has 1 saturated heterocycles. The first-order valence-corrected chi connectivity index (χ1v) is 5.45. The molecule has 4 heteroatoms. The van der Waals surface area contributed by atoms with Crippen LogP contribution in [0.4, 0.5) is 5.95 Å². The van der Waals surface area contributed by atoms with Crippen LogP contribution in [0.25, 0.3) is 0 Å². The highest BCUT2D eigenvalue weighted by molar-refractivity contribution is 5.35. The highest BCUT2D eigenvalue weighted by Crippen LogP contribution is 2.15. The largest absolute Gasteiger partial charge is 0.338 e. The summed E-state index contributed by atoms with van der Waals surface area (Å²) < 4.78 is 0. The first-order valence-electron chi connectivity index (χ1n) is 5.45. The van der Waals surface area contributed by atoms with Gasteiger partial charge in [-0.25, -0.2) is 9.97 Å². The number of aryl methyl sites for hydroxylation is 1. The van der Waals surface area contributed by atoms with E-state index in [1.807, 2.05) is 19.3 Å². The van der Waals surface area contributed by atoms with Crippen molar-refractivity contribution in [2.45, 2.75) is 32.9 Å². The molecule has 0 saturated carbocycles. The van der Waals surface area contributed by atoms with Gasteiger partial charge in [-0.15, -0.1) is 0 Å². The van der Waals surface area contributed by atoms with Crippen molar-refractivity contribution in [3.05, 3.63) is 18.0 Å². The lowest BCUT2D eigenvalue weighted by Gasteiger charge is -2.40. The lowest BCUT2D eigenvalue weighted by Crippen LogP contribution is -2.60. The molecule has 0 aromatic carbocycles. The van der Waals surface area contributed by atoms with E-state index in [-0.39, 0.29) is 0 Å². The van der Waals surface area contributed by atoms with Gasteiger partial charge in [-0.1, -0.05) is 13.8 Å². The number of aromatic nitrogens is 2. The second kappa shape index (κ2) is 4.14. The van der Waals surface area contributed by atoms with E-state index in [0.717, 1.165) is 24.6 Å². The predicted octanol–water partition coefficient (Wildman–Crippen LogP) is 0.972. The Bertz CT molecular complexity index is 314. The maximum atomic E-state index is 4.30. The Kier molecular flexibility index (Phi) is 2.86. The van der Waals surface area contributed by atoms with Crippen LogP contribution in [0.5, 0.6) is 0 Å². The lowest BCUT2D eigenvalue weighted by molar-refractivity contribution is 0.385. The third-order valence-corrected chi connectivity index (χ3v) is 2.50. The zero-order chi connectivity index (χ0) is 10.8. The van der Waals surface area contributed by atoms with Crippen LogP contribution in [0.3, 0.4) is 0 Å². The number of nitrogens with one attached hydrogen (secondary N) is 1. The Labute approximate surface area is 90.7 Å². The van der Waals surface area contributed by atoms with Crippen molar-refractivity contribution >= 4 is 5.95 Å². The summed E-state index contributed by atoms with van der Waals surface area (Å²) in [5, 5.41) is 3.49. The van der Waals surface area contributed by atoms with Crippen LogP contribution in [0, 0.1) is 6.92 Å². The van der Waals surface area contributed by atoms with Crippen LogP contribution >= 0.6 is 0 Å². The average molecular weight is 206 g/mol. The Morgan fingerprint density at radius 3 is 2.47 bits per heavy atom. The molecular formula is C11H18N4. The van der Waals surface area contributed by atoms with Gasteiger partial charge in [0.2, 0.25) is 5.95 Å². The van der Waals surface area contributed by atoms with Gasteiger partial charge in [-0.05, 0) is 12.5 Å². The van der Waals surface area contributed by atoms with E-state index in [2.05, 4.69) is 34.0 Å². The van der Waals surface area contributed by atoms with Crippen molar-refractivity contribution in [2.24, 2.45) is 0 Å². The van der Waals surface area contributed by atoms with E-state index in [1.165, 1.54) is 0 Å². The summed E-state index contributed by atoms with van der Waals surface area (Å²) in [5.41, 5.74) is 1.11. The van der Waals surface area contributed by atoms with Gasteiger partial charge in [-0.3, -0.25) is 0 Å². The van der Waals surface area contributed by atoms with Crippen LogP contribution in [0.2, 0.25) is 0 Å². The van der Waals surface area contributed by atoms with E-state index in [9.17, 15) is 0 Å². The maximum Gasteiger partial charge on any atom is 0.225 e.